The smallest absolute Gasteiger partial charge is 0.0468 e. The molecule has 0 bridgehead atoms. The standard InChI is InChI=1S/C90H64N4/c1-5-29-73(30-6-1)91(74-31-7-2-8-32-74)77-45-41-67(42-46-77)89-85-55-53-84(94(81-51-39-65-23-15-19-27-71(65)59-81)82-52-40-66-24-16-20-28-72(66)60-82)62-88(85)90(68-43-47-78(48-44-68)92(75-33-9-3-10-34-75)76-35-11-4-12-36-76)86-56-54-83(61-87(86)89)93(79-49-37-63-21-13-17-25-69(63)57-79)80-50-38-64-22-14-18-26-70(64)58-80/h1-15,17-23,25-62H,16,24H2. The van der Waals surface area contributed by atoms with Gasteiger partial charge in [0.25, 0.3) is 0 Å². The molecule has 0 aliphatic heterocycles. The number of aryl methyl sites for hydroxylation is 1. The molecule has 1 aliphatic carbocycles. The largest absolute Gasteiger partial charge is 0.311 e. The van der Waals surface area contributed by atoms with Gasteiger partial charge in [0.2, 0.25) is 0 Å². The lowest BCUT2D eigenvalue weighted by atomic mass is 9.85. The van der Waals surface area contributed by atoms with Crippen LogP contribution in [0.15, 0.2) is 358 Å². The third-order valence-electron chi connectivity index (χ3n) is 18.7. The fourth-order valence-corrected chi connectivity index (χ4v) is 14.3. The first-order chi connectivity index (χ1) is 46.6. The molecule has 0 heterocycles. The zero-order valence-electron chi connectivity index (χ0n) is 51.8. The summed E-state index contributed by atoms with van der Waals surface area (Å²) in [4.78, 5) is 9.60. The van der Waals surface area contributed by atoms with Crippen molar-refractivity contribution >= 4 is 128 Å². The first kappa shape index (κ1) is 55.8. The summed E-state index contributed by atoms with van der Waals surface area (Å²) in [6, 6.07) is 129. The van der Waals surface area contributed by atoms with Crippen LogP contribution < -0.4 is 19.6 Å². The Balaban J connectivity index is 0.946. The van der Waals surface area contributed by atoms with Gasteiger partial charge in [-0.15, -0.1) is 0 Å². The highest BCUT2D eigenvalue weighted by atomic mass is 15.2. The molecule has 0 unspecified atom stereocenters. The van der Waals surface area contributed by atoms with Crippen LogP contribution in [0, 0.1) is 0 Å². The zero-order valence-corrected chi connectivity index (χ0v) is 51.8. The second kappa shape index (κ2) is 24.2. The van der Waals surface area contributed by atoms with E-state index in [9.17, 15) is 0 Å². The molecular formula is C90H64N4. The molecule has 0 spiro atoms. The molecule has 4 nitrogen and oxygen atoms in total. The fraction of sp³-hybridized carbons (Fsp3) is 0.0222. The van der Waals surface area contributed by atoms with E-state index in [1.165, 1.54) is 43.4 Å². The highest BCUT2D eigenvalue weighted by molar-refractivity contribution is 6.23. The molecule has 0 amide bonds. The number of nitrogens with zero attached hydrogens (tertiary/aromatic N) is 4. The third kappa shape index (κ3) is 10.4. The molecular weight excluding hydrogens is 1140 g/mol. The Morgan fingerprint density at radius 3 is 0.872 bits per heavy atom. The lowest BCUT2D eigenvalue weighted by Gasteiger charge is -2.29. The Kier molecular flexibility index (Phi) is 14.4. The van der Waals surface area contributed by atoms with Gasteiger partial charge in [-0.1, -0.05) is 218 Å². The van der Waals surface area contributed by atoms with Crippen LogP contribution in [-0.4, -0.2) is 0 Å². The highest BCUT2D eigenvalue weighted by Gasteiger charge is 2.25. The van der Waals surface area contributed by atoms with Crippen LogP contribution in [0.25, 0.3) is 82.2 Å². The van der Waals surface area contributed by atoms with Gasteiger partial charge in [-0.3, -0.25) is 0 Å². The van der Waals surface area contributed by atoms with E-state index in [-0.39, 0.29) is 0 Å². The molecule has 94 heavy (non-hydrogen) atoms. The van der Waals surface area contributed by atoms with Crippen molar-refractivity contribution in [2.75, 3.05) is 19.6 Å². The van der Waals surface area contributed by atoms with E-state index in [2.05, 4.69) is 384 Å². The Morgan fingerprint density at radius 1 is 0.202 bits per heavy atom. The van der Waals surface area contributed by atoms with Gasteiger partial charge >= 0.3 is 0 Å². The van der Waals surface area contributed by atoms with Gasteiger partial charge in [0.15, 0.2) is 0 Å². The number of hydrogen-bond donors (Lipinski definition) is 0. The minimum Gasteiger partial charge on any atom is -0.311 e. The van der Waals surface area contributed by atoms with Gasteiger partial charge in [0, 0.05) is 68.2 Å². The van der Waals surface area contributed by atoms with E-state index in [4.69, 9.17) is 0 Å². The Bertz CT molecular complexity index is 5340. The van der Waals surface area contributed by atoms with E-state index >= 15 is 0 Å². The van der Waals surface area contributed by atoms with Gasteiger partial charge in [-0.25, -0.2) is 0 Å². The Morgan fingerprint density at radius 2 is 0.489 bits per heavy atom. The normalized spacial score (nSPS) is 11.9. The fourth-order valence-electron chi connectivity index (χ4n) is 14.3. The predicted octanol–water partition coefficient (Wildman–Crippen LogP) is 25.6. The number of benzene rings is 16. The van der Waals surface area contributed by atoms with E-state index in [1.807, 2.05) is 0 Å². The van der Waals surface area contributed by atoms with Crippen molar-refractivity contribution < 1.29 is 0 Å². The predicted molar refractivity (Wildman–Crippen MR) is 401 cm³/mol. The first-order valence-electron chi connectivity index (χ1n) is 32.5. The molecule has 444 valence electrons. The minimum atomic E-state index is 1.03. The molecule has 16 aromatic carbocycles. The maximum atomic E-state index is 2.47. The van der Waals surface area contributed by atoms with Gasteiger partial charge in [0.05, 0.1) is 0 Å². The van der Waals surface area contributed by atoms with Crippen LogP contribution in [0.3, 0.4) is 0 Å². The van der Waals surface area contributed by atoms with Crippen molar-refractivity contribution in [3.05, 3.63) is 369 Å². The molecule has 0 saturated carbocycles. The van der Waals surface area contributed by atoms with Gasteiger partial charge < -0.3 is 19.6 Å². The number of allylic oxidation sites excluding steroid dienone is 1. The molecule has 0 atom stereocenters. The van der Waals surface area contributed by atoms with E-state index in [0.717, 1.165) is 125 Å². The van der Waals surface area contributed by atoms with Crippen molar-refractivity contribution in [1.29, 1.82) is 0 Å². The Hall–Kier alpha value is -12.2. The summed E-state index contributed by atoms with van der Waals surface area (Å²) in [5.74, 6) is 0. The van der Waals surface area contributed by atoms with Crippen molar-refractivity contribution in [3.8, 4) is 22.3 Å². The third-order valence-corrected chi connectivity index (χ3v) is 18.7. The average Bonchev–Trinajstić information content (AvgIpc) is 0.726. The quantitative estimate of drug-likeness (QED) is 0.101. The van der Waals surface area contributed by atoms with Crippen LogP contribution in [-0.2, 0) is 6.42 Å². The van der Waals surface area contributed by atoms with Crippen LogP contribution in [0.4, 0.5) is 68.2 Å². The van der Waals surface area contributed by atoms with Crippen molar-refractivity contribution in [2.45, 2.75) is 12.8 Å². The highest BCUT2D eigenvalue weighted by Crippen LogP contribution is 2.51. The van der Waals surface area contributed by atoms with E-state index in [0.29, 0.717) is 0 Å². The Labute approximate surface area is 548 Å². The van der Waals surface area contributed by atoms with E-state index < -0.39 is 0 Å². The molecule has 4 heteroatoms. The summed E-state index contributed by atoms with van der Waals surface area (Å²) in [6.45, 7) is 0. The van der Waals surface area contributed by atoms with Crippen LogP contribution in [0.2, 0.25) is 0 Å². The van der Waals surface area contributed by atoms with Crippen molar-refractivity contribution in [1.82, 2.24) is 0 Å². The van der Waals surface area contributed by atoms with Crippen molar-refractivity contribution in [3.63, 3.8) is 0 Å². The topological polar surface area (TPSA) is 13.0 Å². The van der Waals surface area contributed by atoms with Crippen LogP contribution in [0.1, 0.15) is 17.5 Å². The number of anilines is 12. The molecule has 0 fully saturated rings. The second-order valence-electron chi connectivity index (χ2n) is 24.4. The molecule has 0 saturated heterocycles. The van der Waals surface area contributed by atoms with Crippen LogP contribution in [0.5, 0.6) is 0 Å². The maximum Gasteiger partial charge on any atom is 0.0468 e. The summed E-state index contributed by atoms with van der Waals surface area (Å²) in [5, 5.41) is 11.7. The summed E-state index contributed by atoms with van der Waals surface area (Å²) in [7, 11) is 0. The number of hydrogen-bond acceptors (Lipinski definition) is 4. The molecule has 1 aliphatic rings. The monoisotopic (exact) mass is 1200 g/mol. The molecule has 0 radical (unpaired) electrons. The number of fused-ring (bicyclic) bond motifs is 6. The molecule has 0 aromatic heterocycles. The lowest BCUT2D eigenvalue weighted by Crippen LogP contribution is -2.11. The summed E-state index contributed by atoms with van der Waals surface area (Å²) in [5.41, 5.74) is 20.2. The van der Waals surface area contributed by atoms with Gasteiger partial charge in [0.1, 0.15) is 0 Å². The number of para-hydroxylation sites is 4. The summed E-state index contributed by atoms with van der Waals surface area (Å²) < 4.78 is 0. The van der Waals surface area contributed by atoms with Gasteiger partial charge in [-0.05, 0) is 246 Å². The number of rotatable bonds is 14. The molecule has 17 rings (SSSR count). The second-order valence-corrected chi connectivity index (χ2v) is 24.4. The summed E-state index contributed by atoms with van der Waals surface area (Å²) >= 11 is 0. The minimum absolute atomic E-state index is 1.03. The maximum absolute atomic E-state index is 2.47. The average molecular weight is 1200 g/mol. The first-order valence-corrected chi connectivity index (χ1v) is 32.5. The molecule has 0 N–H and O–H groups in total. The zero-order chi connectivity index (χ0) is 62.3. The van der Waals surface area contributed by atoms with Crippen molar-refractivity contribution in [2.24, 2.45) is 0 Å². The SMILES string of the molecule is C1=Cc2cc(N(c3ccc4ccccc4c3)c3ccc4c(-c5ccc(N(c6ccccc6)c6ccccc6)cc5)c5cc(N(c6ccc7ccccc7c6)c6ccc7ccccc7c6)ccc5c(-c5ccc(N(c6ccccc6)c6ccccc6)cc5)c4c3)ccc2CC1. The van der Waals surface area contributed by atoms with E-state index in [1.54, 1.807) is 0 Å². The van der Waals surface area contributed by atoms with Crippen LogP contribution >= 0.6 is 0 Å². The lowest BCUT2D eigenvalue weighted by molar-refractivity contribution is 0.985. The van der Waals surface area contributed by atoms with Gasteiger partial charge in [-0.2, -0.15) is 0 Å². The summed E-state index contributed by atoms with van der Waals surface area (Å²) in [6.07, 6.45) is 6.70. The molecule has 16 aromatic rings.